The van der Waals surface area contributed by atoms with Crippen LogP contribution in [0.5, 0.6) is 5.75 Å². The second-order valence-corrected chi connectivity index (χ2v) is 31.1. The molecule has 1 fully saturated rings. The zero-order valence-corrected chi connectivity index (χ0v) is 64.1. The van der Waals surface area contributed by atoms with Gasteiger partial charge in [0.05, 0.1) is 51.1 Å². The van der Waals surface area contributed by atoms with Crippen molar-refractivity contribution < 1.29 is 111 Å². The number of phenols is 1. The number of phosphoric ester groups is 1. The third kappa shape index (κ3) is 19.9. The molecule has 3 aromatic heterocycles. The van der Waals surface area contributed by atoms with Crippen LogP contribution in [0.4, 0.5) is 17.2 Å². The lowest BCUT2D eigenvalue weighted by atomic mass is 9.90. The summed E-state index contributed by atoms with van der Waals surface area (Å²) >= 11 is 0. The van der Waals surface area contributed by atoms with Crippen LogP contribution in [0.2, 0.25) is 0 Å². The lowest BCUT2D eigenvalue weighted by Gasteiger charge is -2.25. The number of carboxylic acid groups (broad SMARTS) is 2. The van der Waals surface area contributed by atoms with Crippen molar-refractivity contribution in [3.05, 3.63) is 195 Å². The lowest BCUT2D eigenvalue weighted by molar-refractivity contribution is -0.271. The highest BCUT2D eigenvalue weighted by atomic mass is 31.3. The number of hydrogen-bond donors (Lipinski definition) is 13. The van der Waals surface area contributed by atoms with E-state index in [4.69, 9.17) is 29.1 Å². The van der Waals surface area contributed by atoms with Crippen LogP contribution in [0, 0.1) is 23.7 Å². The first-order valence-electron chi connectivity index (χ1n) is 35.1. The first kappa shape index (κ1) is 82.7. The van der Waals surface area contributed by atoms with E-state index < -0.39 is 85.2 Å². The van der Waals surface area contributed by atoms with Crippen LogP contribution in [0.25, 0.3) is 77.5 Å². The number of aliphatic hydroxyl groups excluding tert-OH is 5. The summed E-state index contributed by atoms with van der Waals surface area (Å²) in [5, 5.41) is 90.1. The van der Waals surface area contributed by atoms with Crippen molar-refractivity contribution in [1.82, 2.24) is 14.5 Å². The van der Waals surface area contributed by atoms with Crippen molar-refractivity contribution in [2.24, 2.45) is 20.0 Å². The number of phosphoric acid groups is 3. The Hall–Kier alpha value is -11.7. The number of aliphatic imine (C=N–C) groups is 4. The maximum atomic E-state index is 13.4. The predicted octanol–water partition coefficient (Wildman–Crippen LogP) is 8.55. The van der Waals surface area contributed by atoms with Gasteiger partial charge in [-0.05, 0) is 114 Å². The van der Waals surface area contributed by atoms with Gasteiger partial charge in [0.25, 0.3) is 0 Å². The number of nitrogens with two attached hydrogens (primary N) is 1. The Kier molecular flexibility index (Phi) is 25.1. The molecule has 0 amide bonds. The monoisotopic (exact) mass is 1630 g/mol. The molecule has 2 unspecified atom stereocenters. The number of aromatic hydroxyl groups is 1. The van der Waals surface area contributed by atoms with Crippen molar-refractivity contribution in [3.8, 4) is 63.0 Å². The summed E-state index contributed by atoms with van der Waals surface area (Å²) < 4.78 is 31.8. The number of carboxylic acids is 2. The predicted molar refractivity (Wildman–Crippen MR) is 426 cm³/mol. The molecule has 594 valence electrons. The van der Waals surface area contributed by atoms with Crippen molar-refractivity contribution in [3.63, 3.8) is 0 Å². The van der Waals surface area contributed by atoms with E-state index in [1.165, 1.54) is 71.4 Å². The number of nitrogens with zero attached hydrogens (tertiary/aromatic N) is 9. The van der Waals surface area contributed by atoms with Crippen molar-refractivity contribution in [1.29, 1.82) is 0 Å². The van der Waals surface area contributed by atoms with Gasteiger partial charge in [-0.15, -0.1) is 0 Å². The van der Waals surface area contributed by atoms with Crippen LogP contribution >= 0.6 is 24.5 Å². The standard InChI is InChI=1S/C78H73N10O24P3/c1-86(2)48-19-25-54-62(35-48)108-63-36-49(87(3)4)20-26-55(63)70(54)53-24-18-46(34-59(53)78(98)99)75(94)85-60(32-44-15-13-43(14-16-44)10-8-31-81-74(93)45-17-23-52(58(33-45)77(96)97)71-56-27-21-50(89)37-64(56)109-65-38-51(90)22-28-57(65)71)76(95)82-29-7-5-6-12-67(92)80-30-9-11-47-40-88(73-69(47)72(79)83-42-84-73)68-39-61(91)66(110-68)41-107-114(103,104)112-115(105,106)111-113(100,101)102/h13-28,33-38,40,42,60-61,66,68,91H,5-7,12,29-32,39,41H2,1-4H3,(H12-,79,80,81,82,83,84,85,89,90,92,93,94,95,96,97,98,99,100,101,102,103,104,105,106)/p+1/t60-,61-,66+,68+/m0/s1. The Morgan fingerprint density at radius 2 is 1.32 bits per heavy atom. The molecule has 6 atom stereocenters. The van der Waals surface area contributed by atoms with Crippen molar-refractivity contribution in [2.75, 3.05) is 70.0 Å². The summed E-state index contributed by atoms with van der Waals surface area (Å²) in [6, 6.07) is 34.0. The fraction of sp³-hybridized carbons (Fsp3) is 0.231. The van der Waals surface area contributed by atoms with E-state index in [1.807, 2.05) is 74.4 Å². The Morgan fingerprint density at radius 1 is 0.696 bits per heavy atom. The molecular weight excluding hydrogens is 1550 g/mol. The van der Waals surface area contributed by atoms with Crippen molar-refractivity contribution >= 4 is 121 Å². The largest absolute Gasteiger partial charge is 0.603 e. The van der Waals surface area contributed by atoms with Crippen LogP contribution in [-0.2, 0) is 24.3 Å². The van der Waals surface area contributed by atoms with Gasteiger partial charge in [-0.1, -0.05) is 54.4 Å². The molecular formula is C78H74N10O24P3+. The number of phenolic OH excluding ortho intramolecular Hbond substituents is 1. The van der Waals surface area contributed by atoms with Gasteiger partial charge in [-0.2, -0.15) is 24.1 Å². The van der Waals surface area contributed by atoms with E-state index >= 15 is 0 Å². The SMILES string of the molecule is CN(C)c1ccc2c(-c3ccc(C(O)=N[C@@H](Cc4ccc(C#CCN=C(O)c5ccc(-c6c7ccc(=O)cc-7oc7cc(O)ccc67)c(C(=O)O)c5)cc4)C(O)=NCCCCCC(O)=NCC#Cc4cn([C@H]5C[C@H](O)[C@@H](CO[P+]([O-])(O)O[P+]([O-])(O)O[P+]([O-])(O)O)O5)c5ncnc(N)c45)cc3C(=O)O)c3ccc(N(C)C)cc3[o+]c2c1. The lowest BCUT2D eigenvalue weighted by Crippen LogP contribution is -2.30. The molecule has 37 heteroatoms. The second-order valence-electron chi connectivity index (χ2n) is 26.7. The van der Waals surface area contributed by atoms with Gasteiger partial charge in [0, 0.05) is 131 Å². The molecule has 0 radical (unpaired) electrons. The van der Waals surface area contributed by atoms with E-state index in [9.17, 15) is 79.7 Å². The minimum atomic E-state index is -5.81. The van der Waals surface area contributed by atoms with E-state index in [-0.39, 0.29) is 118 Å². The molecule has 5 heterocycles. The zero-order valence-electron chi connectivity index (χ0n) is 61.4. The maximum Gasteiger partial charge on any atom is 0.487 e. The molecule has 1 aliphatic carbocycles. The summed E-state index contributed by atoms with van der Waals surface area (Å²) in [4.78, 5) is 140. The van der Waals surface area contributed by atoms with Gasteiger partial charge >= 0.3 is 47.6 Å². The summed E-state index contributed by atoms with van der Waals surface area (Å²) in [7, 11) is -9.44. The first-order valence-corrected chi connectivity index (χ1v) is 39.6. The Balaban J connectivity index is 0.735. The summed E-state index contributed by atoms with van der Waals surface area (Å²) in [6.45, 7) is -1.25. The highest BCUT2D eigenvalue weighted by Crippen LogP contribution is 2.71. The van der Waals surface area contributed by atoms with Gasteiger partial charge < -0.3 is 84.8 Å². The molecule has 0 bridgehead atoms. The van der Waals surface area contributed by atoms with Gasteiger partial charge in [0.15, 0.2) is 11.3 Å². The van der Waals surface area contributed by atoms with Crippen LogP contribution < -0.4 is 35.6 Å². The smallest absolute Gasteiger partial charge is 0.487 e. The number of carbonyl (C=O) groups is 2. The number of ether oxygens (including phenoxy) is 1. The van der Waals surface area contributed by atoms with E-state index in [0.717, 1.165) is 17.7 Å². The molecule has 34 nitrogen and oxygen atoms in total. The fourth-order valence-electron chi connectivity index (χ4n) is 12.9. The van der Waals surface area contributed by atoms with E-state index in [2.05, 4.69) is 66.8 Å². The Labute approximate surface area is 655 Å². The normalized spacial score (nSPS) is 16.3. The zero-order chi connectivity index (χ0) is 82.4. The molecule has 0 spiro atoms. The number of aromatic nitrogens is 3. The molecule has 1 saturated heterocycles. The number of fused-ring (bicyclic) bond motifs is 5. The Bertz CT molecular complexity index is 5800. The molecule has 6 aromatic carbocycles. The molecule has 3 aliphatic rings. The van der Waals surface area contributed by atoms with Crippen LogP contribution in [0.3, 0.4) is 0 Å². The fourth-order valence-corrected chi connectivity index (χ4v) is 15.9. The number of rotatable bonds is 28. The highest BCUT2D eigenvalue weighted by molar-refractivity contribution is 7.71. The van der Waals surface area contributed by atoms with Crippen LogP contribution in [0.1, 0.15) is 86.9 Å². The molecule has 12 rings (SSSR count). The molecule has 9 aromatic rings. The number of aromatic carboxylic acids is 2. The Morgan fingerprint density at radius 3 is 1.97 bits per heavy atom. The summed E-state index contributed by atoms with van der Waals surface area (Å²) in [5.74, 6) is 7.27. The van der Waals surface area contributed by atoms with Crippen LogP contribution in [-0.4, -0.2) is 183 Å². The molecule has 0 saturated carbocycles. The summed E-state index contributed by atoms with van der Waals surface area (Å²) in [6.07, 6.45) is 0.141. The molecule has 115 heavy (non-hydrogen) atoms. The average Bonchev–Trinajstić information content (AvgIpc) is 1.62. The maximum absolute atomic E-state index is 13.4. The summed E-state index contributed by atoms with van der Waals surface area (Å²) in [5.41, 5.74) is 12.1. The first-order chi connectivity index (χ1) is 54.7. The third-order valence-corrected chi connectivity index (χ3v) is 22.1. The number of nitrogen functional groups attached to an aromatic ring is 1. The second kappa shape index (κ2) is 34.9. The minimum absolute atomic E-state index is 0.0154. The van der Waals surface area contributed by atoms with Gasteiger partial charge in [-0.25, -0.2) is 39.0 Å². The highest BCUT2D eigenvalue weighted by Gasteiger charge is 2.54. The number of anilines is 3. The van der Waals surface area contributed by atoms with E-state index in [1.54, 1.807) is 36.4 Å². The topological polar surface area (TPSA) is 537 Å². The van der Waals surface area contributed by atoms with Gasteiger partial charge in [-0.3, -0.25) is 9.79 Å². The van der Waals surface area contributed by atoms with Crippen molar-refractivity contribution in [2.45, 2.75) is 63.0 Å². The average molecular weight is 1630 g/mol. The third-order valence-electron chi connectivity index (χ3n) is 18.3. The minimum Gasteiger partial charge on any atom is -0.603 e. The quantitative estimate of drug-likeness (QED) is 0.00415. The molecule has 2 aliphatic heterocycles. The molecule has 14 N–H and O–H groups in total. The van der Waals surface area contributed by atoms with E-state index in [0.29, 0.717) is 80.0 Å². The van der Waals surface area contributed by atoms with Gasteiger partial charge in [0.2, 0.25) is 17.7 Å². The number of aliphatic hydroxyl groups is 5. The number of hydrogen-bond acceptors (Lipinski definition) is 26. The van der Waals surface area contributed by atoms with Gasteiger partial charge in [0.1, 0.15) is 73.0 Å². The number of benzene rings is 7. The van der Waals surface area contributed by atoms with Crippen LogP contribution in [0.15, 0.2) is 180 Å². The number of unbranched alkanes of at least 4 members (excludes halogenated alkanes) is 2.